The van der Waals surface area contributed by atoms with Crippen LogP contribution in [0.2, 0.25) is 0 Å². The summed E-state index contributed by atoms with van der Waals surface area (Å²) in [7, 11) is 0. The predicted molar refractivity (Wildman–Crippen MR) is 131 cm³/mol. The molecule has 4 heteroatoms. The molecule has 0 aromatic heterocycles. The second-order valence-electron chi connectivity index (χ2n) is 10.0. The number of hydrogen-bond acceptors (Lipinski definition) is 4. The molecule has 0 aliphatic rings. The van der Waals surface area contributed by atoms with Crippen LogP contribution in [-0.4, -0.2) is 40.7 Å². The van der Waals surface area contributed by atoms with Crippen molar-refractivity contribution in [1.29, 1.82) is 0 Å². The number of rotatable bonds is 11. The lowest BCUT2D eigenvalue weighted by Crippen LogP contribution is -2.27. The summed E-state index contributed by atoms with van der Waals surface area (Å²) in [5, 5.41) is 28.9. The Labute approximate surface area is 194 Å². The molecule has 0 heterocycles. The first-order valence-electron chi connectivity index (χ1n) is 11.9. The second kappa shape index (κ2) is 11.3. The third-order valence-electron chi connectivity index (χ3n) is 6.79. The van der Waals surface area contributed by atoms with Crippen molar-refractivity contribution >= 4 is 0 Å². The second-order valence-corrected chi connectivity index (χ2v) is 10.0. The van der Waals surface area contributed by atoms with E-state index >= 15 is 0 Å². The Balaban J connectivity index is 2.23. The lowest BCUT2D eigenvalue weighted by atomic mass is 9.70. The summed E-state index contributed by atoms with van der Waals surface area (Å²) in [6.45, 7) is 12.5. The van der Waals surface area contributed by atoms with Crippen molar-refractivity contribution in [2.75, 3.05) is 13.2 Å². The number of benzene rings is 2. The highest BCUT2D eigenvalue weighted by molar-refractivity contribution is 5.45. The molecule has 0 radical (unpaired) electrons. The van der Waals surface area contributed by atoms with E-state index in [2.05, 4.69) is 71.0 Å². The van der Waals surface area contributed by atoms with Gasteiger partial charge in [-0.15, -0.1) is 0 Å². The maximum Gasteiger partial charge on any atom is 0.122 e. The minimum absolute atomic E-state index is 0.0781. The Kier molecular flexibility index (Phi) is 9.32. The number of aliphatic hydroxyl groups excluding tert-OH is 3. The number of aryl methyl sites for hydroxylation is 2. The van der Waals surface area contributed by atoms with Gasteiger partial charge < -0.3 is 20.1 Å². The highest BCUT2D eigenvalue weighted by Crippen LogP contribution is 2.40. The van der Waals surface area contributed by atoms with Gasteiger partial charge in [0.2, 0.25) is 0 Å². The van der Waals surface area contributed by atoms with Gasteiger partial charge in [-0.1, -0.05) is 71.0 Å². The zero-order valence-electron chi connectivity index (χ0n) is 20.7. The Bertz CT molecular complexity index is 832. The summed E-state index contributed by atoms with van der Waals surface area (Å²) < 4.78 is 5.69. The molecule has 0 aliphatic carbocycles. The molecule has 0 bridgehead atoms. The first kappa shape index (κ1) is 26.4. The van der Waals surface area contributed by atoms with Crippen LogP contribution in [0, 0.1) is 12.3 Å². The Morgan fingerprint density at radius 3 is 2.00 bits per heavy atom. The van der Waals surface area contributed by atoms with Gasteiger partial charge in [0, 0.05) is 5.41 Å². The average Bonchev–Trinajstić information content (AvgIpc) is 2.77. The highest BCUT2D eigenvalue weighted by Gasteiger charge is 2.31. The van der Waals surface area contributed by atoms with Crippen molar-refractivity contribution in [3.8, 4) is 5.75 Å². The molecule has 3 N–H and O–H groups in total. The van der Waals surface area contributed by atoms with Crippen molar-refractivity contribution < 1.29 is 20.1 Å². The molecular weight excluding hydrogens is 400 g/mol. The fourth-order valence-electron chi connectivity index (χ4n) is 4.31. The Morgan fingerprint density at radius 1 is 0.906 bits per heavy atom. The molecule has 2 rings (SSSR count). The summed E-state index contributed by atoms with van der Waals surface area (Å²) in [4.78, 5) is 0. The topological polar surface area (TPSA) is 69.9 Å². The van der Waals surface area contributed by atoms with Gasteiger partial charge >= 0.3 is 0 Å². The van der Waals surface area contributed by atoms with E-state index in [1.54, 1.807) is 0 Å². The minimum Gasteiger partial charge on any atom is -0.491 e. The summed E-state index contributed by atoms with van der Waals surface area (Å²) in [5.41, 5.74) is 4.64. The van der Waals surface area contributed by atoms with Gasteiger partial charge in [0.1, 0.15) is 18.5 Å². The smallest absolute Gasteiger partial charge is 0.122 e. The van der Waals surface area contributed by atoms with Crippen LogP contribution in [0.3, 0.4) is 0 Å². The molecule has 4 nitrogen and oxygen atoms in total. The lowest BCUT2D eigenvalue weighted by Gasteiger charge is -2.34. The first-order valence-corrected chi connectivity index (χ1v) is 11.9. The standard InChI is InChI=1S/C28H42O4/c1-7-28(8-2,23-14-15-25(20(3)17-23)32-19-24(30)18-29)22-12-9-21(10-13-22)11-16-26(31)27(4,5)6/h9-10,12-15,17,24,26,29-31H,7-8,11,16,18-19H2,1-6H3/t24-,26?/m1/s1. The Hall–Kier alpha value is -1.88. The van der Waals surface area contributed by atoms with Crippen molar-refractivity contribution in [3.05, 3.63) is 64.7 Å². The highest BCUT2D eigenvalue weighted by atomic mass is 16.5. The summed E-state index contributed by atoms with van der Waals surface area (Å²) >= 11 is 0. The molecule has 2 atom stereocenters. The summed E-state index contributed by atoms with van der Waals surface area (Å²) in [6.07, 6.45) is 2.41. The SMILES string of the molecule is CCC(CC)(c1ccc(CCC(O)C(C)(C)C)cc1)c1ccc(OC[C@H](O)CO)c(C)c1. The molecule has 2 aromatic carbocycles. The first-order chi connectivity index (χ1) is 15.1. The molecule has 32 heavy (non-hydrogen) atoms. The predicted octanol–water partition coefficient (Wildman–Crippen LogP) is 5.17. The molecule has 1 unspecified atom stereocenters. The average molecular weight is 443 g/mol. The van der Waals surface area contributed by atoms with Crippen LogP contribution in [-0.2, 0) is 11.8 Å². The van der Waals surface area contributed by atoms with Gasteiger partial charge in [-0.2, -0.15) is 0 Å². The molecule has 0 saturated carbocycles. The third kappa shape index (κ3) is 6.34. The van der Waals surface area contributed by atoms with Crippen LogP contribution in [0.1, 0.15) is 76.1 Å². The van der Waals surface area contributed by atoms with E-state index in [0.717, 1.165) is 37.0 Å². The van der Waals surface area contributed by atoms with E-state index in [-0.39, 0.29) is 30.1 Å². The lowest BCUT2D eigenvalue weighted by molar-refractivity contribution is 0.0534. The van der Waals surface area contributed by atoms with E-state index in [1.165, 1.54) is 16.7 Å². The van der Waals surface area contributed by atoms with Crippen LogP contribution in [0.25, 0.3) is 0 Å². The molecule has 0 aliphatic heterocycles. The zero-order valence-corrected chi connectivity index (χ0v) is 20.7. The zero-order chi connectivity index (χ0) is 23.9. The molecule has 0 saturated heterocycles. The maximum absolute atomic E-state index is 10.4. The van der Waals surface area contributed by atoms with E-state index in [0.29, 0.717) is 0 Å². The summed E-state index contributed by atoms with van der Waals surface area (Å²) in [6, 6.07) is 15.1. The van der Waals surface area contributed by atoms with Gasteiger partial charge in [0.25, 0.3) is 0 Å². The fraction of sp³-hybridized carbons (Fsp3) is 0.571. The van der Waals surface area contributed by atoms with E-state index in [4.69, 9.17) is 9.84 Å². The number of aliphatic hydroxyl groups is 3. The van der Waals surface area contributed by atoms with Crippen LogP contribution in [0.4, 0.5) is 0 Å². The minimum atomic E-state index is -0.873. The van der Waals surface area contributed by atoms with Gasteiger partial charge in [-0.25, -0.2) is 0 Å². The van der Waals surface area contributed by atoms with Crippen molar-refractivity contribution in [2.45, 2.75) is 84.8 Å². The van der Waals surface area contributed by atoms with Crippen molar-refractivity contribution in [3.63, 3.8) is 0 Å². The van der Waals surface area contributed by atoms with Crippen LogP contribution in [0.5, 0.6) is 5.75 Å². The molecule has 0 spiro atoms. The molecule has 0 fully saturated rings. The summed E-state index contributed by atoms with van der Waals surface area (Å²) in [5.74, 6) is 0.732. The normalized spacial score (nSPS) is 14.3. The van der Waals surface area contributed by atoms with Gasteiger partial charge in [0.15, 0.2) is 0 Å². The third-order valence-corrected chi connectivity index (χ3v) is 6.79. The van der Waals surface area contributed by atoms with Crippen LogP contribution >= 0.6 is 0 Å². The van der Waals surface area contributed by atoms with Gasteiger partial charge in [0.05, 0.1) is 12.7 Å². The number of hydrogen-bond donors (Lipinski definition) is 3. The maximum atomic E-state index is 10.4. The quantitative estimate of drug-likeness (QED) is 0.449. The van der Waals surface area contributed by atoms with E-state index in [1.807, 2.05) is 13.0 Å². The molecule has 178 valence electrons. The van der Waals surface area contributed by atoms with Gasteiger partial charge in [-0.05, 0) is 66.3 Å². The Morgan fingerprint density at radius 2 is 1.50 bits per heavy atom. The van der Waals surface area contributed by atoms with Crippen LogP contribution in [0.15, 0.2) is 42.5 Å². The van der Waals surface area contributed by atoms with E-state index in [9.17, 15) is 10.2 Å². The molecule has 0 amide bonds. The number of ether oxygens (including phenoxy) is 1. The molecule has 2 aromatic rings. The van der Waals surface area contributed by atoms with E-state index < -0.39 is 6.10 Å². The van der Waals surface area contributed by atoms with Crippen LogP contribution < -0.4 is 4.74 Å². The molecular formula is C28H42O4. The monoisotopic (exact) mass is 442 g/mol. The fourth-order valence-corrected chi connectivity index (χ4v) is 4.31. The van der Waals surface area contributed by atoms with Crippen molar-refractivity contribution in [2.24, 2.45) is 5.41 Å². The van der Waals surface area contributed by atoms with Crippen molar-refractivity contribution in [1.82, 2.24) is 0 Å². The largest absolute Gasteiger partial charge is 0.491 e. The van der Waals surface area contributed by atoms with Gasteiger partial charge in [-0.3, -0.25) is 0 Å².